The van der Waals surface area contributed by atoms with Crippen molar-refractivity contribution in [3.05, 3.63) is 30.1 Å². The molecule has 2 heterocycles. The SMILES string of the molecule is CCCCc1nc2c(N)nc3ccccc3c2n1CCCCNC(=O)CCC(=O)NCC(=O)NCCCCC(NC)C(C)=O. The molecule has 6 N–H and O–H groups in total. The van der Waals surface area contributed by atoms with Crippen LogP contribution < -0.4 is 27.0 Å². The number of nitrogens with zero attached hydrogens (tertiary/aromatic N) is 3. The van der Waals surface area contributed by atoms with Crippen LogP contribution in [0.4, 0.5) is 5.82 Å². The highest BCUT2D eigenvalue weighted by Gasteiger charge is 2.17. The minimum atomic E-state index is -0.346. The maximum Gasteiger partial charge on any atom is 0.239 e. The number of amides is 3. The lowest BCUT2D eigenvalue weighted by Crippen LogP contribution is -2.38. The Morgan fingerprint density at radius 2 is 1.57 bits per heavy atom. The van der Waals surface area contributed by atoms with Crippen molar-refractivity contribution in [1.29, 1.82) is 0 Å². The van der Waals surface area contributed by atoms with Gasteiger partial charge in [-0.3, -0.25) is 19.2 Å². The number of ketones is 1. The van der Waals surface area contributed by atoms with E-state index in [4.69, 9.17) is 10.7 Å². The third kappa shape index (κ3) is 10.3. The van der Waals surface area contributed by atoms with Crippen LogP contribution in [0.5, 0.6) is 0 Å². The summed E-state index contributed by atoms with van der Waals surface area (Å²) >= 11 is 0. The topological polar surface area (TPSA) is 173 Å². The van der Waals surface area contributed by atoms with E-state index >= 15 is 0 Å². The van der Waals surface area contributed by atoms with Gasteiger partial charge in [0.15, 0.2) is 5.82 Å². The monoisotopic (exact) mass is 608 g/mol. The zero-order valence-corrected chi connectivity index (χ0v) is 26.3. The van der Waals surface area contributed by atoms with Gasteiger partial charge in [0.1, 0.15) is 17.1 Å². The Morgan fingerprint density at radius 1 is 0.886 bits per heavy atom. The fourth-order valence-corrected chi connectivity index (χ4v) is 5.19. The van der Waals surface area contributed by atoms with Gasteiger partial charge in [0.05, 0.1) is 23.6 Å². The third-order valence-corrected chi connectivity index (χ3v) is 7.68. The zero-order valence-electron chi connectivity index (χ0n) is 26.3. The second kappa shape index (κ2) is 17.9. The minimum absolute atomic E-state index is 0.0138. The molecule has 0 bridgehead atoms. The molecule has 0 saturated carbocycles. The Labute approximate surface area is 259 Å². The Bertz CT molecular complexity index is 1420. The molecule has 3 rings (SSSR count). The number of nitrogens with two attached hydrogens (primary N) is 1. The molecule has 0 aliphatic heterocycles. The van der Waals surface area contributed by atoms with Gasteiger partial charge in [0.2, 0.25) is 17.7 Å². The maximum atomic E-state index is 12.3. The molecule has 0 saturated heterocycles. The molecule has 0 aliphatic rings. The Balaban J connectivity index is 1.35. The first-order chi connectivity index (χ1) is 21.2. The molecular formula is C32H48N8O4. The molecule has 44 heavy (non-hydrogen) atoms. The van der Waals surface area contributed by atoms with Crippen molar-refractivity contribution >= 4 is 51.3 Å². The molecule has 3 aromatic rings. The zero-order chi connectivity index (χ0) is 31.9. The van der Waals surface area contributed by atoms with Crippen LogP contribution in [-0.4, -0.2) is 70.8 Å². The number of unbranched alkanes of at least 4 members (excludes halogenated alkanes) is 3. The van der Waals surface area contributed by atoms with E-state index < -0.39 is 0 Å². The standard InChI is InChI=1S/C32H48N8O4/c1-4-5-15-26-39-30-31(23-12-6-7-14-25(23)38-32(30)33)40(26)20-11-10-19-35-27(42)16-17-28(43)37-21-29(44)36-18-9-8-13-24(34-3)22(2)41/h6-7,12,14,24,34H,4-5,8-11,13,15-21H2,1-3H3,(H2,33,38)(H,35,42)(H,36,44)(H,37,43). The highest BCUT2D eigenvalue weighted by molar-refractivity contribution is 6.06. The normalized spacial score (nSPS) is 11.9. The molecule has 0 aliphatic carbocycles. The number of nitrogen functional groups attached to an aromatic ring is 1. The van der Waals surface area contributed by atoms with Crippen molar-refractivity contribution < 1.29 is 19.2 Å². The second-order valence-corrected chi connectivity index (χ2v) is 11.1. The van der Waals surface area contributed by atoms with E-state index in [-0.39, 0.29) is 48.9 Å². The van der Waals surface area contributed by atoms with E-state index in [1.807, 2.05) is 18.2 Å². The van der Waals surface area contributed by atoms with Gasteiger partial charge in [-0.15, -0.1) is 0 Å². The quantitative estimate of drug-likeness (QED) is 0.122. The fourth-order valence-electron chi connectivity index (χ4n) is 5.19. The van der Waals surface area contributed by atoms with Crippen LogP contribution in [0.25, 0.3) is 21.9 Å². The van der Waals surface area contributed by atoms with Crippen molar-refractivity contribution in [2.75, 3.05) is 32.4 Å². The summed E-state index contributed by atoms with van der Waals surface area (Å²) in [6.45, 7) is 5.31. The van der Waals surface area contributed by atoms with E-state index in [1.54, 1.807) is 14.0 Å². The lowest BCUT2D eigenvalue weighted by atomic mass is 10.1. The molecule has 1 atom stereocenters. The first-order valence-corrected chi connectivity index (χ1v) is 15.8. The smallest absolute Gasteiger partial charge is 0.239 e. The fraction of sp³-hybridized carbons (Fsp3) is 0.562. The maximum absolute atomic E-state index is 12.3. The summed E-state index contributed by atoms with van der Waals surface area (Å²) in [5.74, 6) is 0.713. The number of benzene rings is 1. The summed E-state index contributed by atoms with van der Waals surface area (Å²) < 4.78 is 2.25. The van der Waals surface area contributed by atoms with Crippen molar-refractivity contribution in [2.45, 2.75) is 90.6 Å². The van der Waals surface area contributed by atoms with Crippen LogP contribution >= 0.6 is 0 Å². The Kier molecular flexibility index (Phi) is 14.0. The number of carbonyl (C=O) groups excluding carboxylic acids is 4. The number of fused-ring (bicyclic) bond motifs is 3. The second-order valence-electron chi connectivity index (χ2n) is 11.1. The van der Waals surface area contributed by atoms with Gasteiger partial charge in [-0.1, -0.05) is 31.5 Å². The number of hydrogen-bond acceptors (Lipinski definition) is 8. The minimum Gasteiger partial charge on any atom is -0.382 e. The number of para-hydroxylation sites is 1. The van der Waals surface area contributed by atoms with Crippen molar-refractivity contribution in [1.82, 2.24) is 35.8 Å². The molecule has 0 spiro atoms. The summed E-state index contributed by atoms with van der Waals surface area (Å²) in [5, 5.41) is 12.2. The van der Waals surface area contributed by atoms with Gasteiger partial charge in [-0.25, -0.2) is 9.97 Å². The van der Waals surface area contributed by atoms with Crippen molar-refractivity contribution in [3.8, 4) is 0 Å². The van der Waals surface area contributed by atoms with Gasteiger partial charge in [-0.2, -0.15) is 0 Å². The van der Waals surface area contributed by atoms with Gasteiger partial charge < -0.3 is 31.6 Å². The number of aromatic nitrogens is 3. The van der Waals surface area contributed by atoms with Gasteiger partial charge in [0, 0.05) is 44.3 Å². The summed E-state index contributed by atoms with van der Waals surface area (Å²) in [7, 11) is 1.76. The number of likely N-dealkylation sites (N-methyl/N-ethyl adjacent to an activating group) is 1. The molecular weight excluding hydrogens is 560 g/mol. The molecule has 12 nitrogen and oxygen atoms in total. The van der Waals surface area contributed by atoms with Gasteiger partial charge in [-0.05, 0) is 58.6 Å². The molecule has 0 fully saturated rings. The Hall–Kier alpha value is -4.06. The number of anilines is 1. The summed E-state index contributed by atoms with van der Waals surface area (Å²) in [5.41, 5.74) is 8.88. The molecule has 12 heteroatoms. The molecule has 240 valence electrons. The number of Topliss-reactive ketones (excluding diaryl/α,β-unsaturated/α-hetero) is 1. The van der Waals surface area contributed by atoms with Crippen LogP contribution in [0.1, 0.15) is 77.5 Å². The average molecular weight is 609 g/mol. The van der Waals surface area contributed by atoms with E-state index in [0.717, 1.165) is 79.3 Å². The van der Waals surface area contributed by atoms with E-state index in [0.29, 0.717) is 25.3 Å². The largest absolute Gasteiger partial charge is 0.382 e. The summed E-state index contributed by atoms with van der Waals surface area (Å²) in [6.07, 6.45) is 6.90. The first kappa shape index (κ1) is 34.4. The lowest BCUT2D eigenvalue weighted by molar-refractivity contribution is -0.128. The highest BCUT2D eigenvalue weighted by Crippen LogP contribution is 2.29. The molecule has 0 radical (unpaired) electrons. The molecule has 1 aromatic carbocycles. The number of hydrogen-bond donors (Lipinski definition) is 5. The third-order valence-electron chi connectivity index (χ3n) is 7.68. The number of rotatable bonds is 20. The average Bonchev–Trinajstić information content (AvgIpc) is 3.38. The molecule has 1 unspecified atom stereocenters. The van der Waals surface area contributed by atoms with Crippen LogP contribution in [0.2, 0.25) is 0 Å². The number of imidazole rings is 1. The predicted molar refractivity (Wildman–Crippen MR) is 173 cm³/mol. The van der Waals surface area contributed by atoms with Gasteiger partial charge in [0.25, 0.3) is 0 Å². The van der Waals surface area contributed by atoms with Crippen LogP contribution in [0.3, 0.4) is 0 Å². The lowest BCUT2D eigenvalue weighted by Gasteiger charge is -2.12. The first-order valence-electron chi connectivity index (χ1n) is 15.8. The van der Waals surface area contributed by atoms with E-state index in [2.05, 4.69) is 43.8 Å². The number of aryl methyl sites for hydroxylation is 2. The van der Waals surface area contributed by atoms with Crippen LogP contribution in [0.15, 0.2) is 24.3 Å². The van der Waals surface area contributed by atoms with Crippen LogP contribution in [-0.2, 0) is 32.1 Å². The molecule has 3 amide bonds. The van der Waals surface area contributed by atoms with Crippen molar-refractivity contribution in [2.24, 2.45) is 0 Å². The van der Waals surface area contributed by atoms with Gasteiger partial charge >= 0.3 is 0 Å². The predicted octanol–water partition coefficient (Wildman–Crippen LogP) is 2.77. The summed E-state index contributed by atoms with van der Waals surface area (Å²) in [4.78, 5) is 57.2. The van der Waals surface area contributed by atoms with E-state index in [1.165, 1.54) is 0 Å². The van der Waals surface area contributed by atoms with Crippen LogP contribution in [0, 0.1) is 0 Å². The Morgan fingerprint density at radius 3 is 2.27 bits per heavy atom. The highest BCUT2D eigenvalue weighted by atomic mass is 16.2. The number of pyridine rings is 1. The number of carbonyl (C=O) groups is 4. The van der Waals surface area contributed by atoms with E-state index in [9.17, 15) is 19.2 Å². The molecule has 2 aromatic heterocycles. The van der Waals surface area contributed by atoms with Crippen molar-refractivity contribution in [3.63, 3.8) is 0 Å². The summed E-state index contributed by atoms with van der Waals surface area (Å²) in [6, 6.07) is 7.79. The number of nitrogens with one attached hydrogen (secondary N) is 4.